The number of nitrogens with one attached hydrogen (secondary N) is 1. The molecule has 0 fully saturated rings. The van der Waals surface area contributed by atoms with Crippen molar-refractivity contribution in [2.45, 2.75) is 17.9 Å². The van der Waals surface area contributed by atoms with Crippen LogP contribution in [0.15, 0.2) is 23.1 Å². The summed E-state index contributed by atoms with van der Waals surface area (Å²) in [5.74, 6) is -0.133. The number of hydrogen-bond donors (Lipinski definition) is 2. The fraction of sp³-hybridized carbons (Fsp3) is 0.400. The van der Waals surface area contributed by atoms with Crippen LogP contribution in [0.25, 0.3) is 0 Å². The van der Waals surface area contributed by atoms with Gasteiger partial charge < -0.3 is 9.84 Å². The number of nitrogens with zero attached hydrogens (tertiary/aromatic N) is 1. The SMILES string of the molecule is COc1cc([N+](=O)[O-])ccc1S(=O)(=O)N[C@H](C)CO. The van der Waals surface area contributed by atoms with Crippen LogP contribution in [0.3, 0.4) is 0 Å². The highest BCUT2D eigenvalue weighted by Crippen LogP contribution is 2.28. The molecule has 0 heterocycles. The lowest BCUT2D eigenvalue weighted by Gasteiger charge is -2.13. The maximum absolute atomic E-state index is 12.0. The fourth-order valence-corrected chi connectivity index (χ4v) is 2.74. The number of rotatable bonds is 6. The molecule has 0 saturated heterocycles. The first-order valence-electron chi connectivity index (χ1n) is 5.27. The Kier molecular flexibility index (Phi) is 4.81. The minimum Gasteiger partial charge on any atom is -0.495 e. The van der Waals surface area contributed by atoms with Crippen LogP contribution >= 0.6 is 0 Å². The number of aliphatic hydroxyl groups excluding tert-OH is 1. The van der Waals surface area contributed by atoms with Crippen LogP contribution in [0.2, 0.25) is 0 Å². The topological polar surface area (TPSA) is 119 Å². The third kappa shape index (κ3) is 3.63. The fourth-order valence-electron chi connectivity index (χ4n) is 1.36. The van der Waals surface area contributed by atoms with Gasteiger partial charge in [-0.2, -0.15) is 0 Å². The van der Waals surface area contributed by atoms with Crippen LogP contribution in [0, 0.1) is 10.1 Å². The van der Waals surface area contributed by atoms with Crippen molar-refractivity contribution in [2.24, 2.45) is 0 Å². The van der Waals surface area contributed by atoms with Crippen LogP contribution in [-0.4, -0.2) is 38.2 Å². The first-order chi connectivity index (χ1) is 8.81. The number of non-ortho nitro benzene ring substituents is 1. The van der Waals surface area contributed by atoms with E-state index < -0.39 is 21.0 Å². The number of aliphatic hydroxyl groups is 1. The summed E-state index contributed by atoms with van der Waals surface area (Å²) in [5, 5.41) is 19.4. The highest BCUT2D eigenvalue weighted by atomic mass is 32.2. The number of nitro groups is 1. The summed E-state index contributed by atoms with van der Waals surface area (Å²) >= 11 is 0. The first-order valence-corrected chi connectivity index (χ1v) is 6.75. The van der Waals surface area contributed by atoms with Gasteiger partial charge in [0.15, 0.2) is 0 Å². The maximum atomic E-state index is 12.0. The van der Waals surface area contributed by atoms with E-state index in [9.17, 15) is 18.5 Å². The summed E-state index contributed by atoms with van der Waals surface area (Å²) in [7, 11) is -2.70. The summed E-state index contributed by atoms with van der Waals surface area (Å²) in [6.07, 6.45) is 0. The Hall–Kier alpha value is -1.71. The zero-order valence-electron chi connectivity index (χ0n) is 10.4. The van der Waals surface area contributed by atoms with E-state index in [-0.39, 0.29) is 22.9 Å². The van der Waals surface area contributed by atoms with Crippen LogP contribution in [-0.2, 0) is 10.0 Å². The van der Waals surface area contributed by atoms with E-state index in [0.717, 1.165) is 18.2 Å². The minimum atomic E-state index is -3.91. The van der Waals surface area contributed by atoms with Gasteiger partial charge in [-0.05, 0) is 13.0 Å². The molecular formula is C10H14N2O6S. The molecule has 0 bridgehead atoms. The number of ether oxygens (including phenoxy) is 1. The molecule has 8 nitrogen and oxygen atoms in total. The van der Waals surface area contributed by atoms with Gasteiger partial charge in [0.1, 0.15) is 10.6 Å². The highest BCUT2D eigenvalue weighted by Gasteiger charge is 2.23. The molecule has 1 aromatic rings. The minimum absolute atomic E-state index is 0.133. The van der Waals surface area contributed by atoms with Gasteiger partial charge in [0.05, 0.1) is 24.7 Å². The predicted octanol–water partition coefficient (Wildman–Crippen LogP) is 0.263. The van der Waals surface area contributed by atoms with Gasteiger partial charge in [-0.15, -0.1) is 0 Å². The normalized spacial score (nSPS) is 13.0. The van der Waals surface area contributed by atoms with Crippen LogP contribution in [0.1, 0.15) is 6.92 Å². The van der Waals surface area contributed by atoms with Crippen LogP contribution in [0.5, 0.6) is 5.75 Å². The molecule has 1 aromatic carbocycles. The Morgan fingerprint density at radius 3 is 2.63 bits per heavy atom. The molecular weight excluding hydrogens is 276 g/mol. The molecule has 1 rings (SSSR count). The van der Waals surface area contributed by atoms with Gasteiger partial charge in [-0.25, -0.2) is 13.1 Å². The van der Waals surface area contributed by atoms with Crippen molar-refractivity contribution in [2.75, 3.05) is 13.7 Å². The summed E-state index contributed by atoms with van der Waals surface area (Å²) in [6.45, 7) is 1.12. The lowest BCUT2D eigenvalue weighted by atomic mass is 10.3. The number of sulfonamides is 1. The van der Waals surface area contributed by atoms with E-state index in [4.69, 9.17) is 9.84 Å². The second-order valence-electron chi connectivity index (χ2n) is 3.80. The third-order valence-electron chi connectivity index (χ3n) is 2.28. The quantitative estimate of drug-likeness (QED) is 0.573. The summed E-state index contributed by atoms with van der Waals surface area (Å²) in [4.78, 5) is 9.73. The number of hydrogen-bond acceptors (Lipinski definition) is 6. The zero-order valence-corrected chi connectivity index (χ0v) is 11.2. The lowest BCUT2D eigenvalue weighted by Crippen LogP contribution is -2.35. The van der Waals surface area contributed by atoms with Gasteiger partial charge >= 0.3 is 0 Å². The molecule has 9 heteroatoms. The van der Waals surface area contributed by atoms with E-state index in [1.54, 1.807) is 0 Å². The number of methoxy groups -OCH3 is 1. The lowest BCUT2D eigenvalue weighted by molar-refractivity contribution is -0.385. The molecule has 0 aromatic heterocycles. The highest BCUT2D eigenvalue weighted by molar-refractivity contribution is 7.89. The molecule has 0 aliphatic heterocycles. The van der Waals surface area contributed by atoms with Crippen molar-refractivity contribution < 1.29 is 23.2 Å². The summed E-state index contributed by atoms with van der Waals surface area (Å²) in [5.41, 5.74) is -0.272. The van der Waals surface area contributed by atoms with Gasteiger partial charge in [0.25, 0.3) is 5.69 Å². The molecule has 0 spiro atoms. The Bertz CT molecular complexity index is 571. The Labute approximate surface area is 110 Å². The molecule has 0 saturated carbocycles. The average molecular weight is 290 g/mol. The van der Waals surface area contributed by atoms with Crippen molar-refractivity contribution in [3.63, 3.8) is 0 Å². The maximum Gasteiger partial charge on any atom is 0.273 e. The van der Waals surface area contributed by atoms with Crippen molar-refractivity contribution in [1.82, 2.24) is 4.72 Å². The predicted molar refractivity (Wildman–Crippen MR) is 66.5 cm³/mol. The van der Waals surface area contributed by atoms with E-state index >= 15 is 0 Å². The molecule has 19 heavy (non-hydrogen) atoms. The van der Waals surface area contributed by atoms with Crippen molar-refractivity contribution in [3.8, 4) is 5.75 Å². The molecule has 2 N–H and O–H groups in total. The molecule has 0 aliphatic rings. The molecule has 1 atom stereocenters. The van der Waals surface area contributed by atoms with Crippen molar-refractivity contribution >= 4 is 15.7 Å². The van der Waals surface area contributed by atoms with E-state index in [1.807, 2.05) is 0 Å². The third-order valence-corrected chi connectivity index (χ3v) is 3.91. The zero-order chi connectivity index (χ0) is 14.6. The number of benzene rings is 1. The first kappa shape index (κ1) is 15.3. The van der Waals surface area contributed by atoms with E-state index in [1.165, 1.54) is 14.0 Å². The Morgan fingerprint density at radius 2 is 2.16 bits per heavy atom. The van der Waals surface area contributed by atoms with Crippen LogP contribution in [0.4, 0.5) is 5.69 Å². The summed E-state index contributed by atoms with van der Waals surface area (Å²) < 4.78 is 31.1. The summed E-state index contributed by atoms with van der Waals surface area (Å²) in [6, 6.07) is 2.51. The monoisotopic (exact) mass is 290 g/mol. The molecule has 0 radical (unpaired) electrons. The standard InChI is InChI=1S/C10H14N2O6S/c1-7(6-13)11-19(16,17)10-4-3-8(12(14)15)5-9(10)18-2/h3-5,7,11,13H,6H2,1-2H3/t7-/m1/s1. The van der Waals surface area contributed by atoms with Crippen LogP contribution < -0.4 is 9.46 Å². The van der Waals surface area contributed by atoms with Crippen molar-refractivity contribution in [1.29, 1.82) is 0 Å². The van der Waals surface area contributed by atoms with Crippen molar-refractivity contribution in [3.05, 3.63) is 28.3 Å². The number of nitro benzene ring substituents is 1. The second kappa shape index (κ2) is 5.95. The average Bonchev–Trinajstić information content (AvgIpc) is 2.37. The van der Waals surface area contributed by atoms with Gasteiger partial charge in [0.2, 0.25) is 10.0 Å². The molecule has 0 aliphatic carbocycles. The van der Waals surface area contributed by atoms with Gasteiger partial charge in [-0.1, -0.05) is 0 Å². The van der Waals surface area contributed by atoms with Gasteiger partial charge in [-0.3, -0.25) is 10.1 Å². The van der Waals surface area contributed by atoms with Gasteiger partial charge in [0, 0.05) is 12.1 Å². The second-order valence-corrected chi connectivity index (χ2v) is 5.48. The van der Waals surface area contributed by atoms with E-state index in [0.29, 0.717) is 0 Å². The Morgan fingerprint density at radius 1 is 1.53 bits per heavy atom. The Balaban J connectivity index is 3.23. The molecule has 0 amide bonds. The molecule has 0 unspecified atom stereocenters. The largest absolute Gasteiger partial charge is 0.495 e. The molecule has 106 valence electrons. The smallest absolute Gasteiger partial charge is 0.273 e. The van der Waals surface area contributed by atoms with E-state index in [2.05, 4.69) is 4.72 Å².